The lowest BCUT2D eigenvalue weighted by atomic mass is 10.1. The minimum absolute atomic E-state index is 0. The van der Waals surface area contributed by atoms with E-state index in [1.165, 1.54) is 18.2 Å². The van der Waals surface area contributed by atoms with Crippen LogP contribution in [0.25, 0.3) is 0 Å². The van der Waals surface area contributed by atoms with E-state index in [1.54, 1.807) is 14.2 Å². The Morgan fingerprint density at radius 2 is 1.82 bits per heavy atom. The van der Waals surface area contributed by atoms with Crippen molar-refractivity contribution < 1.29 is 13.5 Å². The van der Waals surface area contributed by atoms with Crippen LogP contribution in [0.5, 0.6) is 0 Å². The maximum Gasteiger partial charge on any atom is 0.191 e. The standard InChI is InChI=1S/C15H23F2N3O.HI/c1-15(2,21-4)10-20-14(18-3)19-9-8-11-12(16)6-5-7-13(11)17;/h5-7H,8-10H2,1-4H3,(H2,18,19,20);1H. The molecule has 0 aliphatic carbocycles. The Hall–Kier alpha value is -0.960. The van der Waals surface area contributed by atoms with Crippen molar-refractivity contribution in [3.8, 4) is 0 Å². The van der Waals surface area contributed by atoms with E-state index in [2.05, 4.69) is 15.6 Å². The Labute approximate surface area is 147 Å². The van der Waals surface area contributed by atoms with Gasteiger partial charge in [0.05, 0.1) is 5.60 Å². The third kappa shape index (κ3) is 6.87. The maximum absolute atomic E-state index is 13.5. The Morgan fingerprint density at radius 1 is 1.23 bits per heavy atom. The van der Waals surface area contributed by atoms with Gasteiger partial charge >= 0.3 is 0 Å². The number of guanidine groups is 1. The fourth-order valence-corrected chi connectivity index (χ4v) is 1.67. The number of ether oxygens (including phenoxy) is 1. The minimum Gasteiger partial charge on any atom is -0.377 e. The van der Waals surface area contributed by atoms with Gasteiger partial charge in [-0.15, -0.1) is 24.0 Å². The summed E-state index contributed by atoms with van der Waals surface area (Å²) in [5.74, 6) is -0.489. The van der Waals surface area contributed by atoms with Crippen molar-refractivity contribution in [2.45, 2.75) is 25.9 Å². The van der Waals surface area contributed by atoms with Crippen molar-refractivity contribution in [1.82, 2.24) is 10.6 Å². The molecule has 22 heavy (non-hydrogen) atoms. The second kappa shape index (κ2) is 9.94. The summed E-state index contributed by atoms with van der Waals surface area (Å²) in [6.45, 7) is 4.84. The van der Waals surface area contributed by atoms with E-state index in [-0.39, 0.29) is 41.6 Å². The van der Waals surface area contributed by atoms with Crippen LogP contribution in [0.4, 0.5) is 8.78 Å². The van der Waals surface area contributed by atoms with Crippen molar-refractivity contribution in [1.29, 1.82) is 0 Å². The first-order valence-electron chi connectivity index (χ1n) is 6.82. The maximum atomic E-state index is 13.5. The molecule has 1 aromatic rings. The van der Waals surface area contributed by atoms with Crippen LogP contribution in [-0.4, -0.2) is 38.8 Å². The van der Waals surface area contributed by atoms with E-state index >= 15 is 0 Å². The minimum atomic E-state index is -0.528. The highest BCUT2D eigenvalue weighted by atomic mass is 127. The number of nitrogens with one attached hydrogen (secondary N) is 2. The summed E-state index contributed by atoms with van der Waals surface area (Å²) in [5, 5.41) is 6.12. The first kappa shape index (κ1) is 21.0. The zero-order valence-corrected chi connectivity index (χ0v) is 15.7. The van der Waals surface area contributed by atoms with E-state index in [1.807, 2.05) is 13.8 Å². The molecule has 0 radical (unpaired) electrons. The largest absolute Gasteiger partial charge is 0.377 e. The highest BCUT2D eigenvalue weighted by Gasteiger charge is 2.16. The zero-order valence-electron chi connectivity index (χ0n) is 13.4. The van der Waals surface area contributed by atoms with Gasteiger partial charge < -0.3 is 15.4 Å². The van der Waals surface area contributed by atoms with Gasteiger partial charge in [0, 0.05) is 32.8 Å². The summed E-state index contributed by atoms with van der Waals surface area (Å²) in [4.78, 5) is 4.05. The van der Waals surface area contributed by atoms with Crippen LogP contribution in [0.1, 0.15) is 19.4 Å². The molecule has 0 saturated heterocycles. The zero-order chi connectivity index (χ0) is 15.9. The number of benzene rings is 1. The molecule has 1 rings (SSSR count). The molecule has 0 bridgehead atoms. The molecular formula is C15H24F2IN3O. The molecule has 4 nitrogen and oxygen atoms in total. The van der Waals surface area contributed by atoms with Crippen LogP contribution in [-0.2, 0) is 11.2 Å². The summed E-state index contributed by atoms with van der Waals surface area (Å²) in [5.41, 5.74) is -0.243. The Kier molecular flexibility index (Phi) is 9.50. The summed E-state index contributed by atoms with van der Waals surface area (Å²) in [7, 11) is 3.28. The smallest absolute Gasteiger partial charge is 0.191 e. The predicted molar refractivity (Wildman–Crippen MR) is 95.9 cm³/mol. The number of halogens is 3. The van der Waals surface area contributed by atoms with Crippen molar-refractivity contribution in [2.75, 3.05) is 27.2 Å². The van der Waals surface area contributed by atoms with Gasteiger partial charge in [0.2, 0.25) is 0 Å². The highest BCUT2D eigenvalue weighted by molar-refractivity contribution is 14.0. The van der Waals surface area contributed by atoms with E-state index < -0.39 is 11.6 Å². The highest BCUT2D eigenvalue weighted by Crippen LogP contribution is 2.12. The van der Waals surface area contributed by atoms with Crippen LogP contribution >= 0.6 is 24.0 Å². The van der Waals surface area contributed by atoms with E-state index in [0.29, 0.717) is 19.0 Å². The molecule has 0 aliphatic rings. The number of aliphatic imine (C=N–C) groups is 1. The molecule has 0 spiro atoms. The molecule has 7 heteroatoms. The van der Waals surface area contributed by atoms with Gasteiger partial charge in [-0.05, 0) is 32.4 Å². The quantitative estimate of drug-likeness (QED) is 0.417. The van der Waals surface area contributed by atoms with Crippen LogP contribution in [0.15, 0.2) is 23.2 Å². The van der Waals surface area contributed by atoms with Crippen molar-refractivity contribution >= 4 is 29.9 Å². The average Bonchev–Trinajstić information content (AvgIpc) is 2.45. The molecular weight excluding hydrogens is 403 g/mol. The fourth-order valence-electron chi connectivity index (χ4n) is 1.67. The summed E-state index contributed by atoms with van der Waals surface area (Å²) in [6.07, 6.45) is 0.243. The van der Waals surface area contributed by atoms with Gasteiger partial charge in [-0.25, -0.2) is 8.78 Å². The van der Waals surface area contributed by atoms with E-state index in [4.69, 9.17) is 4.74 Å². The van der Waals surface area contributed by atoms with Gasteiger partial charge in [-0.2, -0.15) is 0 Å². The molecule has 0 atom stereocenters. The second-order valence-corrected chi connectivity index (χ2v) is 5.27. The number of hydrogen-bond acceptors (Lipinski definition) is 2. The lowest BCUT2D eigenvalue weighted by Gasteiger charge is -2.24. The predicted octanol–water partition coefficient (Wildman–Crippen LogP) is 2.72. The fraction of sp³-hybridized carbons (Fsp3) is 0.533. The molecule has 0 heterocycles. The Balaban J connectivity index is 0.00000441. The van der Waals surface area contributed by atoms with Crippen LogP contribution in [0.3, 0.4) is 0 Å². The third-order valence-electron chi connectivity index (χ3n) is 3.19. The summed E-state index contributed by atoms with van der Waals surface area (Å²) >= 11 is 0. The van der Waals surface area contributed by atoms with Crippen LogP contribution < -0.4 is 10.6 Å². The van der Waals surface area contributed by atoms with Gasteiger partial charge in [0.15, 0.2) is 5.96 Å². The van der Waals surface area contributed by atoms with Gasteiger partial charge in [0.1, 0.15) is 11.6 Å². The first-order chi connectivity index (χ1) is 9.89. The number of methoxy groups -OCH3 is 1. The van der Waals surface area contributed by atoms with Crippen LogP contribution in [0.2, 0.25) is 0 Å². The lowest BCUT2D eigenvalue weighted by Crippen LogP contribution is -2.45. The molecule has 0 aliphatic heterocycles. The Bertz CT molecular complexity index is 475. The summed E-state index contributed by atoms with van der Waals surface area (Å²) < 4.78 is 32.2. The van der Waals surface area contributed by atoms with Gasteiger partial charge in [0.25, 0.3) is 0 Å². The number of nitrogens with zero attached hydrogens (tertiary/aromatic N) is 1. The van der Waals surface area contributed by atoms with Crippen molar-refractivity contribution in [2.24, 2.45) is 4.99 Å². The molecule has 0 unspecified atom stereocenters. The molecule has 0 aromatic heterocycles. The van der Waals surface area contributed by atoms with Crippen LogP contribution in [0, 0.1) is 11.6 Å². The molecule has 0 amide bonds. The van der Waals surface area contributed by atoms with E-state index in [0.717, 1.165) is 0 Å². The normalized spacial score (nSPS) is 11.8. The Morgan fingerprint density at radius 3 is 2.32 bits per heavy atom. The van der Waals surface area contributed by atoms with Gasteiger partial charge in [-0.1, -0.05) is 6.07 Å². The SMILES string of the molecule is CN=C(NCCc1c(F)cccc1F)NCC(C)(C)OC.I. The molecule has 0 fully saturated rings. The molecule has 126 valence electrons. The molecule has 0 saturated carbocycles. The molecule has 2 N–H and O–H groups in total. The van der Waals surface area contributed by atoms with E-state index in [9.17, 15) is 8.78 Å². The average molecular weight is 427 g/mol. The molecule has 1 aromatic carbocycles. The van der Waals surface area contributed by atoms with Crippen molar-refractivity contribution in [3.05, 3.63) is 35.4 Å². The number of rotatable bonds is 6. The van der Waals surface area contributed by atoms with Crippen molar-refractivity contribution in [3.63, 3.8) is 0 Å². The summed E-state index contributed by atoms with van der Waals surface area (Å²) in [6, 6.07) is 3.87. The lowest BCUT2D eigenvalue weighted by molar-refractivity contribution is 0.0268. The topological polar surface area (TPSA) is 45.7 Å². The second-order valence-electron chi connectivity index (χ2n) is 5.27. The third-order valence-corrected chi connectivity index (χ3v) is 3.19. The first-order valence-corrected chi connectivity index (χ1v) is 6.82. The number of hydrogen-bond donors (Lipinski definition) is 2. The monoisotopic (exact) mass is 427 g/mol. The van der Waals surface area contributed by atoms with Gasteiger partial charge in [-0.3, -0.25) is 4.99 Å².